The molecule has 0 aliphatic heterocycles. The first-order valence-corrected chi connectivity index (χ1v) is 16.7. The van der Waals surface area contributed by atoms with Crippen LogP contribution in [-0.4, -0.2) is 40.4 Å². The molecule has 0 radical (unpaired) electrons. The third-order valence-electron chi connectivity index (χ3n) is 7.89. The molecule has 270 valence electrons. The molecule has 0 bridgehead atoms. The number of hydrogen-bond acceptors (Lipinski definition) is 8. The smallest absolute Gasteiger partial charge is 0.122 e. The van der Waals surface area contributed by atoms with Crippen molar-refractivity contribution in [3.05, 3.63) is 165 Å². The quantitative estimate of drug-likeness (QED) is 0.115. The second-order valence-corrected chi connectivity index (χ2v) is 12.0. The Morgan fingerprint density at radius 2 is 0.519 bits per heavy atom. The molecule has 52 heavy (non-hydrogen) atoms. The van der Waals surface area contributed by atoms with Gasteiger partial charge in [0, 0.05) is 22.3 Å². The molecule has 2 aromatic heterocycles. The molecule has 4 N–H and O–H groups in total. The molecule has 4 aromatic carbocycles. The number of hydrogen-bond donors (Lipinski definition) is 4. The Balaban J connectivity index is 0.000000228. The Morgan fingerprint density at radius 1 is 0.308 bits per heavy atom. The lowest BCUT2D eigenvalue weighted by Gasteiger charge is -2.01. The van der Waals surface area contributed by atoms with Crippen LogP contribution in [0, 0.1) is 81.1 Å². The third-order valence-corrected chi connectivity index (χ3v) is 7.89. The predicted molar refractivity (Wildman–Crippen MR) is 210 cm³/mol. The van der Waals surface area contributed by atoms with Crippen molar-refractivity contribution in [1.29, 1.82) is 0 Å². The van der Waals surface area contributed by atoms with Crippen LogP contribution in [0.3, 0.4) is 0 Å². The second kappa shape index (κ2) is 21.1. The fourth-order valence-electron chi connectivity index (χ4n) is 4.06. The van der Waals surface area contributed by atoms with Gasteiger partial charge in [-0.3, -0.25) is 19.9 Å². The molecule has 0 atom stereocenters. The molecule has 0 spiro atoms. The average Bonchev–Trinajstić information content (AvgIpc) is 3.12. The number of phenols is 4. The Morgan fingerprint density at radius 3 is 0.712 bits per heavy atom. The molecule has 0 unspecified atom stereocenters. The zero-order chi connectivity index (χ0) is 38.8. The molecule has 0 aliphatic carbocycles. The van der Waals surface area contributed by atoms with E-state index in [1.54, 1.807) is 26.0 Å². The lowest BCUT2D eigenvalue weighted by Crippen LogP contribution is -1.97. The van der Waals surface area contributed by atoms with Crippen LogP contribution in [0.15, 0.2) is 97.1 Å². The lowest BCUT2D eigenvalue weighted by molar-refractivity contribution is 0.442. The summed E-state index contributed by atoms with van der Waals surface area (Å²) in [5.74, 6) is 6.76. The van der Waals surface area contributed by atoms with Crippen molar-refractivity contribution >= 4 is 0 Å². The van der Waals surface area contributed by atoms with Gasteiger partial charge in [0.1, 0.15) is 23.0 Å². The number of aromatic hydroxyl groups is 4. The summed E-state index contributed by atoms with van der Waals surface area (Å²) in [6.07, 6.45) is 0. The molecule has 8 nitrogen and oxygen atoms in total. The van der Waals surface area contributed by atoms with Gasteiger partial charge in [-0.1, -0.05) is 60.4 Å². The highest BCUT2D eigenvalue weighted by molar-refractivity contribution is 5.43. The maximum atomic E-state index is 8.94. The first-order chi connectivity index (χ1) is 24.6. The molecule has 2 heterocycles. The van der Waals surface area contributed by atoms with E-state index in [-0.39, 0.29) is 23.0 Å². The maximum absolute atomic E-state index is 8.94. The largest absolute Gasteiger partial charge is 0.508 e. The summed E-state index contributed by atoms with van der Waals surface area (Å²) in [5, 5.41) is 35.8. The van der Waals surface area contributed by atoms with Crippen molar-refractivity contribution in [2.45, 2.75) is 69.2 Å². The van der Waals surface area contributed by atoms with Gasteiger partial charge in [-0.2, -0.15) is 0 Å². The van der Waals surface area contributed by atoms with Crippen LogP contribution in [0.5, 0.6) is 23.0 Å². The van der Waals surface area contributed by atoms with Crippen LogP contribution in [0.4, 0.5) is 0 Å². The van der Waals surface area contributed by atoms with Crippen molar-refractivity contribution in [3.63, 3.8) is 0 Å². The molecule has 0 saturated heterocycles. The molecule has 0 amide bonds. The molecule has 0 saturated carbocycles. The highest BCUT2D eigenvalue weighted by Crippen LogP contribution is 2.24. The number of phenolic OH excluding ortho intramolecular Hbond substituents is 4. The Hall–Kier alpha value is -6.20. The normalized spacial score (nSPS) is 9.50. The van der Waals surface area contributed by atoms with Gasteiger partial charge in [-0.15, -0.1) is 0 Å². The Bertz CT molecular complexity index is 1800. The second-order valence-electron chi connectivity index (χ2n) is 12.0. The first-order valence-electron chi connectivity index (χ1n) is 16.7. The van der Waals surface area contributed by atoms with Crippen LogP contribution < -0.4 is 0 Å². The topological polar surface area (TPSA) is 132 Å². The fraction of sp³-hybridized carbons (Fsp3) is 0.227. The SMILES string of the molecule is C(#Cc1ccccc1)c1ccccc1.Cc1c(O)cccc1O.Cc1c(O)cccc1O.Cc1nc(C)c(C)nc1C.Cc1nc(C)c(C)nc1C. The fourth-order valence-corrected chi connectivity index (χ4v) is 4.06. The molecular weight excluding hydrogens is 649 g/mol. The number of benzene rings is 4. The van der Waals surface area contributed by atoms with Gasteiger partial charge in [0.05, 0.1) is 45.6 Å². The average molecular weight is 699 g/mol. The van der Waals surface area contributed by atoms with E-state index in [2.05, 4.69) is 31.8 Å². The van der Waals surface area contributed by atoms with Gasteiger partial charge in [-0.05, 0) is 118 Å². The molecule has 6 rings (SSSR count). The minimum atomic E-state index is 0.134. The van der Waals surface area contributed by atoms with Crippen molar-refractivity contribution in [3.8, 4) is 34.8 Å². The molecular formula is C44H50N4O4. The summed E-state index contributed by atoms with van der Waals surface area (Å²) in [7, 11) is 0. The zero-order valence-electron chi connectivity index (χ0n) is 31.8. The van der Waals surface area contributed by atoms with E-state index in [1.165, 1.54) is 24.3 Å². The third kappa shape index (κ3) is 14.3. The van der Waals surface area contributed by atoms with Gasteiger partial charge in [0.15, 0.2) is 0 Å². The summed E-state index contributed by atoms with van der Waals surface area (Å²) in [5.41, 5.74) is 11.4. The van der Waals surface area contributed by atoms with Gasteiger partial charge < -0.3 is 20.4 Å². The van der Waals surface area contributed by atoms with Gasteiger partial charge in [0.25, 0.3) is 0 Å². The number of aryl methyl sites for hydroxylation is 8. The van der Waals surface area contributed by atoms with Crippen molar-refractivity contribution in [2.24, 2.45) is 0 Å². The molecule has 0 fully saturated rings. The number of nitrogens with zero attached hydrogens (tertiary/aromatic N) is 4. The highest BCUT2D eigenvalue weighted by Gasteiger charge is 2.00. The Kier molecular flexibility index (Phi) is 17.0. The van der Waals surface area contributed by atoms with Crippen LogP contribution in [0.25, 0.3) is 0 Å². The van der Waals surface area contributed by atoms with Crippen LogP contribution in [0.2, 0.25) is 0 Å². The van der Waals surface area contributed by atoms with E-state index < -0.39 is 0 Å². The van der Waals surface area contributed by atoms with Crippen molar-refractivity contribution in [1.82, 2.24) is 19.9 Å². The van der Waals surface area contributed by atoms with Gasteiger partial charge in [-0.25, -0.2) is 0 Å². The predicted octanol–water partition coefficient (Wildman–Crippen LogP) is 9.32. The van der Waals surface area contributed by atoms with E-state index >= 15 is 0 Å². The lowest BCUT2D eigenvalue weighted by atomic mass is 10.2. The van der Waals surface area contributed by atoms with E-state index in [9.17, 15) is 0 Å². The van der Waals surface area contributed by atoms with Crippen LogP contribution >= 0.6 is 0 Å². The van der Waals surface area contributed by atoms with Crippen LogP contribution in [0.1, 0.15) is 67.8 Å². The minimum absolute atomic E-state index is 0.134. The van der Waals surface area contributed by atoms with Crippen LogP contribution in [-0.2, 0) is 0 Å². The zero-order valence-corrected chi connectivity index (χ0v) is 31.8. The van der Waals surface area contributed by atoms with E-state index in [0.717, 1.165) is 56.7 Å². The van der Waals surface area contributed by atoms with E-state index in [4.69, 9.17) is 20.4 Å². The standard InChI is InChI=1S/C14H10.2C8H12N2.2C7H8O2/c1-3-7-13(8-4-1)11-12-14-9-5-2-6-10-14;2*1-5-6(2)10-8(4)7(3)9-5;2*1-5-6(8)3-2-4-7(5)9/h1-10H;2*1-4H3;2*2-4,8-9H,1H3. The van der Waals surface area contributed by atoms with Gasteiger partial charge >= 0.3 is 0 Å². The Labute approximate surface area is 308 Å². The number of rotatable bonds is 0. The first kappa shape index (κ1) is 42.0. The van der Waals surface area contributed by atoms with E-state index in [1.807, 2.05) is 116 Å². The summed E-state index contributed by atoms with van der Waals surface area (Å²) < 4.78 is 0. The van der Waals surface area contributed by atoms with Crippen molar-refractivity contribution in [2.75, 3.05) is 0 Å². The summed E-state index contributed by atoms with van der Waals surface area (Å²) in [4.78, 5) is 17.2. The summed E-state index contributed by atoms with van der Waals surface area (Å²) in [6, 6.07) is 29.3. The monoisotopic (exact) mass is 698 g/mol. The minimum Gasteiger partial charge on any atom is -0.508 e. The molecule has 8 heteroatoms. The van der Waals surface area contributed by atoms with Gasteiger partial charge in [0.2, 0.25) is 0 Å². The highest BCUT2D eigenvalue weighted by atomic mass is 16.3. The van der Waals surface area contributed by atoms with E-state index in [0.29, 0.717) is 11.1 Å². The summed E-state index contributed by atoms with van der Waals surface area (Å²) >= 11 is 0. The molecule has 6 aromatic rings. The number of aromatic nitrogens is 4. The maximum Gasteiger partial charge on any atom is 0.122 e. The van der Waals surface area contributed by atoms with Crippen molar-refractivity contribution < 1.29 is 20.4 Å². The summed E-state index contributed by atoms with van der Waals surface area (Å²) in [6.45, 7) is 19.2. The molecule has 0 aliphatic rings.